The number of rotatable bonds is 5. The van der Waals surface area contributed by atoms with Gasteiger partial charge in [-0.15, -0.1) is 0 Å². The number of hydrogen-bond donors (Lipinski definition) is 3. The first-order valence-corrected chi connectivity index (χ1v) is 6.16. The van der Waals surface area contributed by atoms with Gasteiger partial charge in [0.25, 0.3) is 0 Å². The summed E-state index contributed by atoms with van der Waals surface area (Å²) in [6.07, 6.45) is 3.74. The minimum Gasteiger partial charge on any atom is -0.508 e. The van der Waals surface area contributed by atoms with Gasteiger partial charge in [0.05, 0.1) is 0 Å². The fraction of sp³-hybridized carbons (Fsp3) is 0.267. The number of aliphatic hydroxyl groups is 1. The van der Waals surface area contributed by atoms with Crippen LogP contribution < -0.4 is 5.32 Å². The molecule has 4 nitrogen and oxygen atoms in total. The molecule has 2 rings (SSSR count). The monoisotopic (exact) mass is 259 g/mol. The smallest absolute Gasteiger partial charge is 0.193 e. The van der Waals surface area contributed by atoms with E-state index < -0.39 is 5.60 Å². The van der Waals surface area contributed by atoms with Crippen molar-refractivity contribution in [2.75, 3.05) is 6.54 Å². The van der Waals surface area contributed by atoms with Gasteiger partial charge in [0, 0.05) is 24.7 Å². The Labute approximate surface area is 112 Å². The molecule has 0 spiro atoms. The number of benzene rings is 1. The van der Waals surface area contributed by atoms with Crippen LogP contribution in [0.2, 0.25) is 0 Å². The molecule has 3 N–H and O–H groups in total. The highest BCUT2D eigenvalue weighted by Gasteiger charge is 2.37. The van der Waals surface area contributed by atoms with Crippen molar-refractivity contribution in [2.24, 2.45) is 0 Å². The largest absolute Gasteiger partial charge is 0.508 e. The normalized spacial score (nSPS) is 22.2. The number of carbonyl (C=O) groups excluding carboxylic acids is 1. The predicted octanol–water partition coefficient (Wildman–Crippen LogP) is 1.30. The molecular formula is C15H17NO3. The van der Waals surface area contributed by atoms with Crippen molar-refractivity contribution < 1.29 is 15.0 Å². The van der Waals surface area contributed by atoms with Gasteiger partial charge < -0.3 is 15.5 Å². The SMILES string of the molecule is C=C[C@]1(O)CC(NCCc2ccc(O)cc2)=CC1=O. The Balaban J connectivity index is 1.84. The number of aromatic hydroxyl groups is 1. The molecule has 0 saturated carbocycles. The lowest BCUT2D eigenvalue weighted by molar-refractivity contribution is -0.126. The van der Waals surface area contributed by atoms with Crippen LogP contribution in [0.25, 0.3) is 0 Å². The lowest BCUT2D eigenvalue weighted by Gasteiger charge is -2.16. The van der Waals surface area contributed by atoms with E-state index in [1.165, 1.54) is 12.2 Å². The van der Waals surface area contributed by atoms with Crippen LogP contribution in [-0.4, -0.2) is 28.1 Å². The molecule has 0 bridgehead atoms. The number of phenolic OH excluding ortho intramolecular Hbond substituents is 1. The third-order valence-electron chi connectivity index (χ3n) is 3.23. The summed E-state index contributed by atoms with van der Waals surface area (Å²) in [6, 6.07) is 6.99. The van der Waals surface area contributed by atoms with Crippen LogP contribution in [0.15, 0.2) is 48.7 Å². The molecular weight excluding hydrogens is 242 g/mol. The Morgan fingerprint density at radius 1 is 1.37 bits per heavy atom. The van der Waals surface area contributed by atoms with Gasteiger partial charge in [-0.3, -0.25) is 4.79 Å². The van der Waals surface area contributed by atoms with Gasteiger partial charge in [0.15, 0.2) is 5.78 Å². The lowest BCUT2D eigenvalue weighted by atomic mass is 10.0. The Hall–Kier alpha value is -2.07. The number of nitrogens with one attached hydrogen (secondary N) is 1. The van der Waals surface area contributed by atoms with Gasteiger partial charge in [0.2, 0.25) is 0 Å². The number of hydrogen-bond acceptors (Lipinski definition) is 4. The third-order valence-corrected chi connectivity index (χ3v) is 3.23. The van der Waals surface area contributed by atoms with E-state index in [2.05, 4.69) is 11.9 Å². The van der Waals surface area contributed by atoms with Crippen LogP contribution in [0.1, 0.15) is 12.0 Å². The van der Waals surface area contributed by atoms with Crippen LogP contribution in [-0.2, 0) is 11.2 Å². The van der Waals surface area contributed by atoms with Crippen LogP contribution in [0.5, 0.6) is 5.75 Å². The van der Waals surface area contributed by atoms with Crippen molar-refractivity contribution in [2.45, 2.75) is 18.4 Å². The topological polar surface area (TPSA) is 69.6 Å². The highest BCUT2D eigenvalue weighted by atomic mass is 16.3. The predicted molar refractivity (Wildman–Crippen MR) is 72.7 cm³/mol. The first-order valence-electron chi connectivity index (χ1n) is 6.16. The summed E-state index contributed by atoms with van der Waals surface area (Å²) in [6.45, 7) is 4.14. The third kappa shape index (κ3) is 3.03. The van der Waals surface area contributed by atoms with E-state index in [0.29, 0.717) is 6.54 Å². The van der Waals surface area contributed by atoms with Crippen LogP contribution in [0.3, 0.4) is 0 Å². The minimum atomic E-state index is -1.44. The second-order valence-corrected chi connectivity index (χ2v) is 4.68. The zero-order valence-corrected chi connectivity index (χ0v) is 10.6. The van der Waals surface area contributed by atoms with E-state index in [0.717, 1.165) is 17.7 Å². The molecule has 100 valence electrons. The van der Waals surface area contributed by atoms with E-state index in [9.17, 15) is 9.90 Å². The molecule has 1 aromatic rings. The molecule has 0 unspecified atom stereocenters. The van der Waals surface area contributed by atoms with Gasteiger partial charge in [-0.1, -0.05) is 24.8 Å². The maximum Gasteiger partial charge on any atom is 0.193 e. The molecule has 4 heteroatoms. The molecule has 1 aliphatic carbocycles. The zero-order chi connectivity index (χ0) is 13.9. The zero-order valence-electron chi connectivity index (χ0n) is 10.6. The van der Waals surface area contributed by atoms with Gasteiger partial charge in [-0.25, -0.2) is 0 Å². The molecule has 19 heavy (non-hydrogen) atoms. The summed E-state index contributed by atoms with van der Waals surface area (Å²) in [5, 5.41) is 22.2. The van der Waals surface area contributed by atoms with Crippen molar-refractivity contribution in [3.05, 3.63) is 54.3 Å². The molecule has 0 fully saturated rings. The fourth-order valence-corrected chi connectivity index (χ4v) is 2.03. The molecule has 1 aromatic carbocycles. The van der Waals surface area contributed by atoms with Crippen LogP contribution in [0, 0.1) is 0 Å². The second kappa shape index (κ2) is 5.28. The van der Waals surface area contributed by atoms with Gasteiger partial charge in [0.1, 0.15) is 11.4 Å². The van der Waals surface area contributed by atoms with Crippen molar-refractivity contribution in [3.8, 4) is 5.75 Å². The van der Waals surface area contributed by atoms with Gasteiger partial charge in [-0.05, 0) is 24.1 Å². The first kappa shape index (κ1) is 13.4. The van der Waals surface area contributed by atoms with Crippen molar-refractivity contribution in [3.63, 3.8) is 0 Å². The Morgan fingerprint density at radius 2 is 2.05 bits per heavy atom. The van der Waals surface area contributed by atoms with Gasteiger partial charge in [-0.2, -0.15) is 0 Å². The van der Waals surface area contributed by atoms with E-state index in [1.54, 1.807) is 12.1 Å². The lowest BCUT2D eigenvalue weighted by Crippen LogP contribution is -2.31. The molecule has 0 aromatic heterocycles. The highest BCUT2D eigenvalue weighted by molar-refractivity contribution is 6.01. The maximum absolute atomic E-state index is 11.5. The highest BCUT2D eigenvalue weighted by Crippen LogP contribution is 2.25. The Kier molecular flexibility index (Phi) is 3.71. The van der Waals surface area contributed by atoms with Crippen molar-refractivity contribution >= 4 is 5.78 Å². The fourth-order valence-electron chi connectivity index (χ4n) is 2.03. The van der Waals surface area contributed by atoms with E-state index in [-0.39, 0.29) is 18.0 Å². The summed E-state index contributed by atoms with van der Waals surface area (Å²) < 4.78 is 0. The van der Waals surface area contributed by atoms with Gasteiger partial charge >= 0.3 is 0 Å². The number of carbonyl (C=O) groups is 1. The van der Waals surface area contributed by atoms with E-state index >= 15 is 0 Å². The first-order chi connectivity index (χ1) is 9.03. The summed E-state index contributed by atoms with van der Waals surface area (Å²) in [4.78, 5) is 11.5. The molecule has 0 radical (unpaired) electrons. The Morgan fingerprint density at radius 3 is 2.63 bits per heavy atom. The van der Waals surface area contributed by atoms with Crippen molar-refractivity contribution in [1.82, 2.24) is 5.32 Å². The van der Waals surface area contributed by atoms with Crippen LogP contribution in [0.4, 0.5) is 0 Å². The molecule has 0 amide bonds. The standard InChI is InChI=1S/C15H17NO3/c1-2-15(19)10-12(9-14(15)18)16-8-7-11-3-5-13(17)6-4-11/h2-6,9,16-17,19H,1,7-8,10H2/t15-/m0/s1. The Bertz CT molecular complexity index is 519. The molecule has 1 atom stereocenters. The average Bonchev–Trinajstić information content (AvgIpc) is 2.68. The summed E-state index contributed by atoms with van der Waals surface area (Å²) in [7, 11) is 0. The van der Waals surface area contributed by atoms with E-state index in [1.807, 2.05) is 12.1 Å². The minimum absolute atomic E-state index is 0.247. The average molecular weight is 259 g/mol. The van der Waals surface area contributed by atoms with Crippen LogP contribution >= 0.6 is 0 Å². The quantitative estimate of drug-likeness (QED) is 0.697. The number of phenols is 1. The molecule has 1 aliphatic rings. The van der Waals surface area contributed by atoms with E-state index in [4.69, 9.17) is 5.11 Å². The summed E-state index contributed by atoms with van der Waals surface area (Å²) in [5.74, 6) is -0.0773. The molecule has 0 heterocycles. The molecule has 0 saturated heterocycles. The summed E-state index contributed by atoms with van der Waals surface area (Å²) in [5.41, 5.74) is 0.376. The van der Waals surface area contributed by atoms with Crippen molar-refractivity contribution in [1.29, 1.82) is 0 Å². The maximum atomic E-state index is 11.5. The summed E-state index contributed by atoms with van der Waals surface area (Å²) >= 11 is 0. The number of ketones is 1. The second-order valence-electron chi connectivity index (χ2n) is 4.68. The molecule has 0 aliphatic heterocycles.